The molecule has 1 fully saturated rings. The number of nitrogens with one attached hydrogen (secondary N) is 1. The number of aryl methyl sites for hydroxylation is 1. The van der Waals surface area contributed by atoms with Crippen molar-refractivity contribution in [3.05, 3.63) is 5.82 Å². The van der Waals surface area contributed by atoms with Crippen molar-refractivity contribution in [2.45, 2.75) is 38.6 Å². The smallest absolute Gasteiger partial charge is 0.205 e. The first-order valence-electron chi connectivity index (χ1n) is 6.08. The average molecular weight is 240 g/mol. The Labute approximate surface area is 101 Å². The van der Waals surface area contributed by atoms with Crippen LogP contribution in [0.3, 0.4) is 0 Å². The number of piperidine rings is 1. The lowest BCUT2D eigenvalue weighted by Gasteiger charge is -2.31. The molecule has 0 saturated carbocycles. The van der Waals surface area contributed by atoms with Crippen LogP contribution in [0.25, 0.3) is 0 Å². The van der Waals surface area contributed by atoms with Crippen molar-refractivity contribution in [2.75, 3.05) is 25.0 Å². The van der Waals surface area contributed by atoms with E-state index in [0.29, 0.717) is 6.04 Å². The molecule has 0 radical (unpaired) electrons. The molecule has 1 aliphatic heterocycles. The van der Waals surface area contributed by atoms with Crippen molar-refractivity contribution >= 4 is 16.7 Å². The third-order valence-corrected chi connectivity index (χ3v) is 3.85. The minimum absolute atomic E-state index is 0.604. The highest BCUT2D eigenvalue weighted by molar-refractivity contribution is 7.09. The van der Waals surface area contributed by atoms with Crippen LogP contribution in [0.4, 0.5) is 5.13 Å². The van der Waals surface area contributed by atoms with Gasteiger partial charge in [0, 0.05) is 37.1 Å². The molecule has 1 aromatic rings. The molecule has 0 bridgehead atoms. The van der Waals surface area contributed by atoms with Crippen LogP contribution in [0.5, 0.6) is 0 Å². The van der Waals surface area contributed by atoms with Gasteiger partial charge in [-0.05, 0) is 26.3 Å². The van der Waals surface area contributed by atoms with Gasteiger partial charge in [-0.15, -0.1) is 0 Å². The van der Waals surface area contributed by atoms with Gasteiger partial charge in [-0.1, -0.05) is 6.92 Å². The lowest BCUT2D eigenvalue weighted by Crippen LogP contribution is -2.44. The van der Waals surface area contributed by atoms with E-state index >= 15 is 0 Å². The van der Waals surface area contributed by atoms with Crippen LogP contribution in [-0.2, 0) is 6.42 Å². The van der Waals surface area contributed by atoms with Gasteiger partial charge in [-0.2, -0.15) is 4.37 Å². The molecule has 16 heavy (non-hydrogen) atoms. The molecule has 4 nitrogen and oxygen atoms in total. The molecule has 2 rings (SSSR count). The highest BCUT2D eigenvalue weighted by Gasteiger charge is 2.21. The molecule has 90 valence electrons. The Hall–Kier alpha value is -0.680. The summed E-state index contributed by atoms with van der Waals surface area (Å²) < 4.78 is 4.40. The highest BCUT2D eigenvalue weighted by Crippen LogP contribution is 2.22. The summed E-state index contributed by atoms with van der Waals surface area (Å²) in [7, 11) is 2.04. The Morgan fingerprint density at radius 2 is 2.44 bits per heavy atom. The molecule has 0 aliphatic carbocycles. The van der Waals surface area contributed by atoms with Crippen LogP contribution in [-0.4, -0.2) is 35.5 Å². The van der Waals surface area contributed by atoms with Crippen LogP contribution in [0, 0.1) is 0 Å². The minimum atomic E-state index is 0.604. The molecular weight excluding hydrogens is 220 g/mol. The minimum Gasteiger partial charge on any atom is -0.345 e. The summed E-state index contributed by atoms with van der Waals surface area (Å²) in [5.41, 5.74) is 0. The first-order chi connectivity index (χ1) is 7.83. The average Bonchev–Trinajstić information content (AvgIpc) is 2.78. The fraction of sp³-hybridized carbons (Fsp3) is 0.818. The monoisotopic (exact) mass is 240 g/mol. The molecule has 1 aromatic heterocycles. The van der Waals surface area contributed by atoms with Gasteiger partial charge in [0.15, 0.2) is 0 Å². The largest absolute Gasteiger partial charge is 0.345 e. The van der Waals surface area contributed by atoms with Gasteiger partial charge in [-0.3, -0.25) is 0 Å². The highest BCUT2D eigenvalue weighted by atomic mass is 32.1. The number of rotatable bonds is 4. The van der Waals surface area contributed by atoms with Crippen LogP contribution >= 0.6 is 11.5 Å². The molecule has 1 atom stereocenters. The number of nitrogens with zero attached hydrogens (tertiary/aromatic N) is 3. The second-order valence-electron chi connectivity index (χ2n) is 4.32. The summed E-state index contributed by atoms with van der Waals surface area (Å²) in [6.07, 6.45) is 4.64. The summed E-state index contributed by atoms with van der Waals surface area (Å²) in [5, 5.41) is 4.45. The van der Waals surface area contributed by atoms with Crippen molar-refractivity contribution in [2.24, 2.45) is 0 Å². The number of likely N-dealkylation sites (N-methyl/N-ethyl adjacent to an activating group) is 1. The Balaban J connectivity index is 1.99. The normalized spacial score (nSPS) is 21.4. The first kappa shape index (κ1) is 11.8. The quantitative estimate of drug-likeness (QED) is 0.869. The van der Waals surface area contributed by atoms with Crippen molar-refractivity contribution in [1.29, 1.82) is 0 Å². The van der Waals surface area contributed by atoms with E-state index in [-0.39, 0.29) is 0 Å². The van der Waals surface area contributed by atoms with Gasteiger partial charge in [0.25, 0.3) is 0 Å². The van der Waals surface area contributed by atoms with Crippen LogP contribution in [0.15, 0.2) is 0 Å². The van der Waals surface area contributed by atoms with E-state index < -0.39 is 0 Å². The summed E-state index contributed by atoms with van der Waals surface area (Å²) in [6.45, 7) is 4.36. The van der Waals surface area contributed by atoms with Gasteiger partial charge >= 0.3 is 0 Å². The number of hydrogen-bond acceptors (Lipinski definition) is 5. The van der Waals surface area contributed by atoms with Crippen molar-refractivity contribution in [3.8, 4) is 0 Å². The molecule has 0 amide bonds. The summed E-state index contributed by atoms with van der Waals surface area (Å²) >= 11 is 1.55. The van der Waals surface area contributed by atoms with Crippen LogP contribution in [0.2, 0.25) is 0 Å². The zero-order valence-electron chi connectivity index (χ0n) is 10.1. The van der Waals surface area contributed by atoms with Crippen LogP contribution < -0.4 is 10.2 Å². The Morgan fingerprint density at radius 3 is 3.19 bits per heavy atom. The Morgan fingerprint density at radius 1 is 1.56 bits per heavy atom. The second kappa shape index (κ2) is 5.59. The van der Waals surface area contributed by atoms with Gasteiger partial charge in [0.1, 0.15) is 5.82 Å². The third-order valence-electron chi connectivity index (χ3n) is 3.03. The van der Waals surface area contributed by atoms with E-state index in [1.165, 1.54) is 12.8 Å². The fourth-order valence-corrected chi connectivity index (χ4v) is 2.83. The van der Waals surface area contributed by atoms with Gasteiger partial charge in [-0.25, -0.2) is 4.98 Å². The van der Waals surface area contributed by atoms with Crippen molar-refractivity contribution in [3.63, 3.8) is 0 Å². The van der Waals surface area contributed by atoms with Crippen molar-refractivity contribution in [1.82, 2.24) is 14.7 Å². The predicted molar refractivity (Wildman–Crippen MR) is 68.2 cm³/mol. The van der Waals surface area contributed by atoms with Gasteiger partial charge in [0.2, 0.25) is 5.13 Å². The Kier molecular flexibility index (Phi) is 4.12. The maximum atomic E-state index is 4.60. The maximum Gasteiger partial charge on any atom is 0.205 e. The van der Waals surface area contributed by atoms with Gasteiger partial charge < -0.3 is 10.2 Å². The molecule has 1 unspecified atom stereocenters. The summed E-state index contributed by atoms with van der Waals surface area (Å²) in [6, 6.07) is 0.604. The van der Waals surface area contributed by atoms with E-state index in [1.807, 2.05) is 7.05 Å². The molecule has 0 spiro atoms. The molecule has 1 N–H and O–H groups in total. The van der Waals surface area contributed by atoms with Crippen molar-refractivity contribution < 1.29 is 0 Å². The Bertz CT molecular complexity index is 326. The fourth-order valence-electron chi connectivity index (χ4n) is 2.08. The molecular formula is C11H20N4S. The zero-order chi connectivity index (χ0) is 11.4. The maximum absolute atomic E-state index is 4.60. The van der Waals surface area contributed by atoms with E-state index in [2.05, 4.69) is 26.5 Å². The van der Waals surface area contributed by atoms with E-state index in [9.17, 15) is 0 Å². The van der Waals surface area contributed by atoms with E-state index in [4.69, 9.17) is 0 Å². The molecule has 2 heterocycles. The topological polar surface area (TPSA) is 41.1 Å². The SMILES string of the molecule is CCCc1nsc(N2CCCC(NC)C2)n1. The summed E-state index contributed by atoms with van der Waals surface area (Å²) in [4.78, 5) is 6.96. The molecule has 0 aromatic carbocycles. The number of hydrogen-bond donors (Lipinski definition) is 1. The molecule has 1 saturated heterocycles. The molecule has 1 aliphatic rings. The van der Waals surface area contributed by atoms with E-state index in [0.717, 1.165) is 36.9 Å². The molecule has 5 heteroatoms. The third kappa shape index (κ3) is 2.71. The van der Waals surface area contributed by atoms with Crippen LogP contribution in [0.1, 0.15) is 32.0 Å². The second-order valence-corrected chi connectivity index (χ2v) is 5.05. The lowest BCUT2D eigenvalue weighted by molar-refractivity contribution is 0.449. The van der Waals surface area contributed by atoms with E-state index in [1.54, 1.807) is 11.5 Å². The zero-order valence-corrected chi connectivity index (χ0v) is 10.9. The number of aromatic nitrogens is 2. The standard InChI is InChI=1S/C11H20N4S/c1-3-5-10-13-11(16-14-10)15-7-4-6-9(8-15)12-2/h9,12H,3-8H2,1-2H3. The predicted octanol–water partition coefficient (Wildman–Crippen LogP) is 1.68. The first-order valence-corrected chi connectivity index (χ1v) is 6.85. The van der Waals surface area contributed by atoms with Gasteiger partial charge in [0.05, 0.1) is 0 Å². The lowest BCUT2D eigenvalue weighted by atomic mass is 10.1. The number of anilines is 1. The summed E-state index contributed by atoms with van der Waals surface area (Å²) in [5.74, 6) is 1.01.